The average Bonchev–Trinajstić information content (AvgIpc) is 2.56. The van der Waals surface area contributed by atoms with E-state index < -0.39 is 0 Å². The van der Waals surface area contributed by atoms with Crippen molar-refractivity contribution in [1.29, 1.82) is 0 Å². The Morgan fingerprint density at radius 1 is 1.22 bits per heavy atom. The summed E-state index contributed by atoms with van der Waals surface area (Å²) in [5.74, 6) is 0.398. The number of carbonyl (C=O) groups excluding carboxylic acids is 1. The van der Waals surface area contributed by atoms with E-state index in [-0.39, 0.29) is 11.5 Å². The molecule has 2 aromatic heterocycles. The number of amides is 1. The van der Waals surface area contributed by atoms with Crippen molar-refractivity contribution in [3.05, 3.63) is 58.8 Å². The van der Waals surface area contributed by atoms with E-state index in [1.165, 1.54) is 6.33 Å². The highest BCUT2D eigenvalue weighted by Crippen LogP contribution is 2.19. The number of hydrogen-bond acceptors (Lipinski definition) is 5. The Balaban J connectivity index is 1.96. The van der Waals surface area contributed by atoms with Crippen molar-refractivity contribution in [2.75, 3.05) is 24.3 Å². The van der Waals surface area contributed by atoms with Gasteiger partial charge in [0.25, 0.3) is 11.5 Å². The molecule has 116 valence electrons. The first-order valence-corrected chi connectivity index (χ1v) is 6.97. The molecule has 23 heavy (non-hydrogen) atoms. The Kier molecular flexibility index (Phi) is 3.76. The van der Waals surface area contributed by atoms with E-state index in [2.05, 4.69) is 20.3 Å². The van der Waals surface area contributed by atoms with Crippen LogP contribution in [0.4, 0.5) is 11.5 Å². The summed E-state index contributed by atoms with van der Waals surface area (Å²) in [5, 5.41) is 3.22. The van der Waals surface area contributed by atoms with Gasteiger partial charge in [0.1, 0.15) is 11.3 Å². The van der Waals surface area contributed by atoms with Gasteiger partial charge in [-0.1, -0.05) is 6.07 Å². The monoisotopic (exact) mass is 309 g/mol. The highest BCUT2D eigenvalue weighted by atomic mass is 16.1. The van der Waals surface area contributed by atoms with Crippen LogP contribution in [-0.2, 0) is 0 Å². The van der Waals surface area contributed by atoms with Crippen LogP contribution in [0.1, 0.15) is 10.4 Å². The normalized spacial score (nSPS) is 10.5. The van der Waals surface area contributed by atoms with E-state index in [0.717, 1.165) is 0 Å². The van der Waals surface area contributed by atoms with Gasteiger partial charge in [0, 0.05) is 25.9 Å². The number of H-pyrrole nitrogens is 1. The van der Waals surface area contributed by atoms with E-state index in [9.17, 15) is 9.59 Å². The minimum atomic E-state index is -0.287. The first kappa shape index (κ1) is 14.7. The zero-order chi connectivity index (χ0) is 16.4. The number of pyridine rings is 1. The van der Waals surface area contributed by atoms with Crippen molar-refractivity contribution in [1.82, 2.24) is 15.0 Å². The van der Waals surface area contributed by atoms with Crippen molar-refractivity contribution >= 4 is 28.3 Å². The lowest BCUT2D eigenvalue weighted by Gasteiger charge is -2.12. The first-order valence-electron chi connectivity index (χ1n) is 6.97. The highest BCUT2D eigenvalue weighted by Gasteiger charge is 2.11. The molecule has 3 aromatic rings. The number of rotatable bonds is 3. The van der Waals surface area contributed by atoms with E-state index >= 15 is 0 Å². The number of benzene rings is 1. The second-order valence-corrected chi connectivity index (χ2v) is 5.18. The number of aromatic amines is 1. The van der Waals surface area contributed by atoms with Crippen LogP contribution in [-0.4, -0.2) is 35.0 Å². The Hall–Kier alpha value is -3.22. The fourth-order valence-corrected chi connectivity index (χ4v) is 2.20. The maximum Gasteiger partial charge on any atom is 0.258 e. The molecule has 2 heterocycles. The molecule has 0 fully saturated rings. The van der Waals surface area contributed by atoms with Crippen molar-refractivity contribution in [3.8, 4) is 0 Å². The molecule has 0 saturated heterocycles. The smallest absolute Gasteiger partial charge is 0.258 e. The molecule has 0 aliphatic rings. The Bertz CT molecular complexity index is 933. The van der Waals surface area contributed by atoms with Gasteiger partial charge >= 0.3 is 0 Å². The van der Waals surface area contributed by atoms with Gasteiger partial charge in [-0.3, -0.25) is 9.59 Å². The zero-order valence-electron chi connectivity index (χ0n) is 12.7. The van der Waals surface area contributed by atoms with E-state index in [0.29, 0.717) is 28.0 Å². The molecule has 0 unspecified atom stereocenters. The third kappa shape index (κ3) is 2.89. The molecular formula is C16H15N5O2. The molecule has 7 heteroatoms. The number of anilines is 2. The third-order valence-electron chi connectivity index (χ3n) is 3.38. The summed E-state index contributed by atoms with van der Waals surface area (Å²) < 4.78 is 0. The molecule has 0 atom stereocenters. The zero-order valence-corrected chi connectivity index (χ0v) is 12.7. The predicted octanol–water partition coefficient (Wildman–Crippen LogP) is 1.64. The van der Waals surface area contributed by atoms with Gasteiger partial charge in [0.2, 0.25) is 0 Å². The molecule has 0 aliphatic carbocycles. The molecule has 0 saturated carbocycles. The Morgan fingerprint density at radius 2 is 2.04 bits per heavy atom. The summed E-state index contributed by atoms with van der Waals surface area (Å²) in [6.07, 6.45) is 2.90. The van der Waals surface area contributed by atoms with Crippen molar-refractivity contribution in [3.63, 3.8) is 0 Å². The molecule has 2 N–H and O–H groups in total. The molecule has 3 rings (SSSR count). The van der Waals surface area contributed by atoms with Gasteiger partial charge in [-0.25, -0.2) is 9.97 Å². The van der Waals surface area contributed by atoms with Crippen molar-refractivity contribution < 1.29 is 4.79 Å². The van der Waals surface area contributed by atoms with Gasteiger partial charge in [-0.2, -0.15) is 0 Å². The molecule has 0 spiro atoms. The Labute approximate surface area is 132 Å². The Morgan fingerprint density at radius 3 is 2.83 bits per heavy atom. The quantitative estimate of drug-likeness (QED) is 0.767. The number of para-hydroxylation sites is 1. The van der Waals surface area contributed by atoms with E-state index in [1.54, 1.807) is 36.5 Å². The summed E-state index contributed by atoms with van der Waals surface area (Å²) in [5.41, 5.74) is 1.17. The van der Waals surface area contributed by atoms with Gasteiger partial charge in [-0.05, 0) is 24.3 Å². The first-order chi connectivity index (χ1) is 11.1. The van der Waals surface area contributed by atoms with Crippen LogP contribution >= 0.6 is 0 Å². The largest absolute Gasteiger partial charge is 0.363 e. The van der Waals surface area contributed by atoms with Gasteiger partial charge in [-0.15, -0.1) is 0 Å². The van der Waals surface area contributed by atoms with Crippen LogP contribution in [0.15, 0.2) is 47.7 Å². The van der Waals surface area contributed by atoms with Crippen LogP contribution in [0.25, 0.3) is 10.9 Å². The van der Waals surface area contributed by atoms with Crippen LogP contribution in [0.5, 0.6) is 0 Å². The summed E-state index contributed by atoms with van der Waals surface area (Å²) in [6, 6.07) is 8.40. The predicted molar refractivity (Wildman–Crippen MR) is 88.9 cm³/mol. The number of hydrogen-bond donors (Lipinski definition) is 2. The highest BCUT2D eigenvalue weighted by molar-refractivity contribution is 6.08. The number of carbonyl (C=O) groups is 1. The number of aromatic nitrogens is 3. The summed E-state index contributed by atoms with van der Waals surface area (Å²) in [7, 11) is 3.70. The maximum absolute atomic E-state index is 12.4. The van der Waals surface area contributed by atoms with Gasteiger partial charge in [0.15, 0.2) is 0 Å². The molecular weight excluding hydrogens is 294 g/mol. The van der Waals surface area contributed by atoms with E-state index in [4.69, 9.17) is 0 Å². The summed E-state index contributed by atoms with van der Waals surface area (Å²) >= 11 is 0. The molecule has 1 aromatic carbocycles. The fourth-order valence-electron chi connectivity index (χ4n) is 2.20. The van der Waals surface area contributed by atoms with Crippen LogP contribution in [0.3, 0.4) is 0 Å². The second-order valence-electron chi connectivity index (χ2n) is 5.18. The molecule has 7 nitrogen and oxygen atoms in total. The average molecular weight is 309 g/mol. The third-order valence-corrected chi connectivity index (χ3v) is 3.38. The number of nitrogens with zero attached hydrogens (tertiary/aromatic N) is 3. The van der Waals surface area contributed by atoms with Gasteiger partial charge in [0.05, 0.1) is 17.4 Å². The van der Waals surface area contributed by atoms with E-state index in [1.807, 2.05) is 19.0 Å². The van der Waals surface area contributed by atoms with Gasteiger partial charge < -0.3 is 15.2 Å². The van der Waals surface area contributed by atoms with Crippen LogP contribution in [0, 0.1) is 0 Å². The second kappa shape index (κ2) is 5.88. The lowest BCUT2D eigenvalue weighted by molar-refractivity contribution is 0.102. The van der Waals surface area contributed by atoms with Crippen molar-refractivity contribution in [2.45, 2.75) is 0 Å². The molecule has 1 amide bonds. The minimum absolute atomic E-state index is 0.245. The fraction of sp³-hybridized carbons (Fsp3) is 0.125. The molecule has 0 bridgehead atoms. The summed E-state index contributed by atoms with van der Waals surface area (Å²) in [4.78, 5) is 36.9. The maximum atomic E-state index is 12.4. The van der Waals surface area contributed by atoms with Crippen LogP contribution < -0.4 is 15.8 Å². The van der Waals surface area contributed by atoms with Crippen molar-refractivity contribution in [2.24, 2.45) is 0 Å². The molecule has 0 aliphatic heterocycles. The topological polar surface area (TPSA) is 91.0 Å². The summed E-state index contributed by atoms with van der Waals surface area (Å²) in [6.45, 7) is 0. The standard InChI is InChI=1S/C16H15N5O2/c1-21(2)13-8-10(6-7-17-13)15(22)20-12-5-3-4-11-14(12)18-9-19-16(11)23/h3-9H,1-2H3,(H,20,22)(H,18,19,23). The lowest BCUT2D eigenvalue weighted by atomic mass is 10.2. The lowest BCUT2D eigenvalue weighted by Crippen LogP contribution is -2.16. The SMILES string of the molecule is CN(C)c1cc(C(=O)Nc2cccc3c(=O)[nH]cnc23)ccn1. The number of nitrogens with one attached hydrogen (secondary N) is 2. The van der Waals surface area contributed by atoms with Crippen LogP contribution in [0.2, 0.25) is 0 Å². The number of fused-ring (bicyclic) bond motifs is 1. The molecule has 0 radical (unpaired) electrons. The minimum Gasteiger partial charge on any atom is -0.363 e.